The van der Waals surface area contributed by atoms with E-state index in [4.69, 9.17) is 4.74 Å². The van der Waals surface area contributed by atoms with E-state index in [1.54, 1.807) is 0 Å². The van der Waals surface area contributed by atoms with Crippen molar-refractivity contribution in [3.63, 3.8) is 0 Å². The minimum atomic E-state index is -0.440. The third kappa shape index (κ3) is 2.37. The van der Waals surface area contributed by atoms with Crippen LogP contribution in [0.3, 0.4) is 0 Å². The van der Waals surface area contributed by atoms with E-state index in [2.05, 4.69) is 46.7 Å². The van der Waals surface area contributed by atoms with Crippen LogP contribution >= 0.6 is 0 Å². The van der Waals surface area contributed by atoms with Gasteiger partial charge in [-0.25, -0.2) is 0 Å². The number of ketones is 1. The van der Waals surface area contributed by atoms with Gasteiger partial charge in [0.15, 0.2) is 11.9 Å². The summed E-state index contributed by atoms with van der Waals surface area (Å²) in [6.45, 7) is 3.65. The third-order valence-electron chi connectivity index (χ3n) is 6.77. The highest BCUT2D eigenvalue weighted by Gasteiger charge is 2.54. The average Bonchev–Trinajstić information content (AvgIpc) is 3.16. The van der Waals surface area contributed by atoms with Crippen molar-refractivity contribution in [3.8, 4) is 0 Å². The van der Waals surface area contributed by atoms with Crippen LogP contribution in [0.2, 0.25) is 0 Å². The van der Waals surface area contributed by atoms with Gasteiger partial charge in [-0.15, -0.1) is 0 Å². The van der Waals surface area contributed by atoms with Crippen LogP contribution in [-0.2, 0) is 14.9 Å². The first kappa shape index (κ1) is 16.9. The number of Topliss-reactive ketones (excluding diaryl/α,β-unsaturated/α-hetero) is 1. The Bertz CT molecular complexity index is 865. The zero-order valence-electron chi connectivity index (χ0n) is 15.7. The van der Waals surface area contributed by atoms with Crippen LogP contribution < -0.4 is 5.32 Å². The van der Waals surface area contributed by atoms with Crippen molar-refractivity contribution in [3.05, 3.63) is 58.9 Å². The van der Waals surface area contributed by atoms with Crippen LogP contribution in [0.25, 0.3) is 0 Å². The number of fused-ring (bicyclic) bond motifs is 1. The molecule has 27 heavy (non-hydrogen) atoms. The molecule has 5 nitrogen and oxygen atoms in total. The number of hydrogen-bond donors (Lipinski definition) is 1. The van der Waals surface area contributed by atoms with Crippen LogP contribution in [0.4, 0.5) is 0 Å². The summed E-state index contributed by atoms with van der Waals surface area (Å²) < 4.78 is 5.78. The van der Waals surface area contributed by atoms with E-state index in [1.807, 2.05) is 12.3 Å². The van der Waals surface area contributed by atoms with Gasteiger partial charge in [0.05, 0.1) is 18.2 Å². The SMILES string of the molecule is CC[C@]1(c2ccccc2)C2=CN=NC2NC2=C1C(=O)C[C@@]1(CCCOC1)C2. The predicted molar refractivity (Wildman–Crippen MR) is 102 cm³/mol. The number of azo groups is 1. The first-order valence-corrected chi connectivity index (χ1v) is 9.96. The molecule has 3 atom stereocenters. The van der Waals surface area contributed by atoms with E-state index in [-0.39, 0.29) is 17.4 Å². The quantitative estimate of drug-likeness (QED) is 0.863. The molecule has 5 heteroatoms. The van der Waals surface area contributed by atoms with Gasteiger partial charge in [-0.1, -0.05) is 37.3 Å². The number of carbonyl (C=O) groups is 1. The highest BCUT2D eigenvalue weighted by molar-refractivity contribution is 6.01. The fourth-order valence-electron chi connectivity index (χ4n) is 5.60. The van der Waals surface area contributed by atoms with E-state index in [0.717, 1.165) is 54.7 Å². The fourth-order valence-corrected chi connectivity index (χ4v) is 5.60. The molecule has 1 aromatic rings. The number of benzene rings is 1. The zero-order valence-corrected chi connectivity index (χ0v) is 15.7. The van der Waals surface area contributed by atoms with Crippen molar-refractivity contribution in [2.75, 3.05) is 13.2 Å². The number of hydrogen-bond acceptors (Lipinski definition) is 5. The van der Waals surface area contributed by atoms with Crippen LogP contribution in [0, 0.1) is 5.41 Å². The number of nitrogens with zero attached hydrogens (tertiary/aromatic N) is 2. The summed E-state index contributed by atoms with van der Waals surface area (Å²) >= 11 is 0. The van der Waals surface area contributed by atoms with Crippen LogP contribution in [-0.4, -0.2) is 25.2 Å². The second-order valence-electron chi connectivity index (χ2n) is 8.27. The van der Waals surface area contributed by atoms with Gasteiger partial charge in [-0.2, -0.15) is 10.2 Å². The average molecular weight is 363 g/mol. The number of rotatable bonds is 2. The minimum absolute atomic E-state index is 0.0612. The zero-order chi connectivity index (χ0) is 18.5. The summed E-state index contributed by atoms with van der Waals surface area (Å²) in [6, 6.07) is 10.4. The summed E-state index contributed by atoms with van der Waals surface area (Å²) in [4.78, 5) is 13.6. The van der Waals surface area contributed by atoms with E-state index in [9.17, 15) is 4.79 Å². The van der Waals surface area contributed by atoms with Crippen molar-refractivity contribution in [2.45, 2.75) is 50.6 Å². The molecule has 140 valence electrons. The van der Waals surface area contributed by atoms with Crippen molar-refractivity contribution < 1.29 is 9.53 Å². The molecule has 1 unspecified atom stereocenters. The third-order valence-corrected chi connectivity index (χ3v) is 6.77. The van der Waals surface area contributed by atoms with Crippen LogP contribution in [0.5, 0.6) is 0 Å². The highest BCUT2D eigenvalue weighted by atomic mass is 16.5. The minimum Gasteiger partial charge on any atom is -0.381 e. The molecule has 0 bridgehead atoms. The highest BCUT2D eigenvalue weighted by Crippen LogP contribution is 2.54. The Morgan fingerprint density at radius 3 is 2.85 bits per heavy atom. The maximum absolute atomic E-state index is 13.6. The van der Waals surface area contributed by atoms with Crippen molar-refractivity contribution >= 4 is 5.78 Å². The fraction of sp³-hybridized carbons (Fsp3) is 0.500. The summed E-state index contributed by atoms with van der Waals surface area (Å²) in [6.07, 6.45) is 6.03. The molecule has 1 aromatic carbocycles. The first-order valence-electron chi connectivity index (χ1n) is 9.96. The van der Waals surface area contributed by atoms with Crippen molar-refractivity contribution in [1.82, 2.24) is 5.32 Å². The molecule has 0 saturated carbocycles. The maximum atomic E-state index is 13.6. The number of ether oxygens (including phenoxy) is 1. The van der Waals surface area contributed by atoms with Gasteiger partial charge in [0, 0.05) is 35.3 Å². The summed E-state index contributed by atoms with van der Waals surface area (Å²) in [5.74, 6) is 0.256. The van der Waals surface area contributed by atoms with Gasteiger partial charge >= 0.3 is 0 Å². The lowest BCUT2D eigenvalue weighted by Gasteiger charge is -2.49. The molecule has 0 radical (unpaired) electrons. The Morgan fingerprint density at radius 2 is 2.11 bits per heavy atom. The van der Waals surface area contributed by atoms with Gasteiger partial charge in [0.25, 0.3) is 0 Å². The van der Waals surface area contributed by atoms with E-state index < -0.39 is 5.41 Å². The lowest BCUT2D eigenvalue weighted by molar-refractivity contribution is -0.123. The number of nitrogens with one attached hydrogen (secondary N) is 1. The Morgan fingerprint density at radius 1 is 1.26 bits per heavy atom. The molecule has 3 heterocycles. The molecule has 0 amide bonds. The molecule has 1 spiro atoms. The number of carbonyl (C=O) groups excluding carboxylic acids is 1. The second-order valence-corrected chi connectivity index (χ2v) is 8.27. The summed E-state index contributed by atoms with van der Waals surface area (Å²) in [7, 11) is 0. The Balaban J connectivity index is 1.69. The molecule has 3 aliphatic heterocycles. The van der Waals surface area contributed by atoms with Gasteiger partial charge < -0.3 is 10.1 Å². The molecule has 4 aliphatic rings. The maximum Gasteiger partial charge on any atom is 0.164 e. The first-order chi connectivity index (χ1) is 13.2. The molecule has 1 aliphatic carbocycles. The molecule has 1 saturated heterocycles. The van der Waals surface area contributed by atoms with Crippen molar-refractivity contribution in [2.24, 2.45) is 15.6 Å². The Kier molecular flexibility index (Phi) is 3.83. The van der Waals surface area contributed by atoms with Gasteiger partial charge in [-0.05, 0) is 31.2 Å². The van der Waals surface area contributed by atoms with E-state index in [1.165, 1.54) is 0 Å². The largest absolute Gasteiger partial charge is 0.381 e. The molecule has 1 fully saturated rings. The Hall–Kier alpha value is -2.27. The molecular weight excluding hydrogens is 338 g/mol. The number of allylic oxidation sites excluding steroid dienone is 2. The Labute approximate surface area is 159 Å². The van der Waals surface area contributed by atoms with Gasteiger partial charge in [0.2, 0.25) is 0 Å². The topological polar surface area (TPSA) is 63.0 Å². The summed E-state index contributed by atoms with van der Waals surface area (Å²) in [5, 5.41) is 12.2. The van der Waals surface area contributed by atoms with Crippen LogP contribution in [0.15, 0.2) is 63.6 Å². The summed E-state index contributed by atoms with van der Waals surface area (Å²) in [5.41, 5.74) is 3.75. The van der Waals surface area contributed by atoms with E-state index in [0.29, 0.717) is 13.0 Å². The second kappa shape index (κ2) is 6.13. The lowest BCUT2D eigenvalue weighted by Crippen LogP contribution is -2.53. The molecule has 1 N–H and O–H groups in total. The van der Waals surface area contributed by atoms with Gasteiger partial charge in [-0.3, -0.25) is 4.79 Å². The normalized spacial score (nSPS) is 34.9. The van der Waals surface area contributed by atoms with Crippen LogP contribution in [0.1, 0.15) is 44.6 Å². The molecule has 5 rings (SSSR count). The van der Waals surface area contributed by atoms with Gasteiger partial charge in [0.1, 0.15) is 0 Å². The predicted octanol–water partition coefficient (Wildman–Crippen LogP) is 4.03. The molecular formula is C22H25N3O2. The standard InChI is InChI=1S/C22H25N3O2/c1-2-22(15-7-4-3-5-8-15)16-13-23-25-20(16)24-17-11-21(9-6-10-27-14-21)12-18(26)19(17)22/h3-5,7-8,13,20,24H,2,6,9-12,14H2,1H3/t20?,21-,22+/m1/s1. The van der Waals surface area contributed by atoms with E-state index >= 15 is 0 Å². The smallest absolute Gasteiger partial charge is 0.164 e. The lowest BCUT2D eigenvalue weighted by atomic mass is 9.57. The monoisotopic (exact) mass is 363 g/mol. The van der Waals surface area contributed by atoms with Crippen molar-refractivity contribution in [1.29, 1.82) is 0 Å². The molecule has 0 aromatic heterocycles.